The minimum Gasteiger partial charge on any atom is -0.479 e. The summed E-state index contributed by atoms with van der Waals surface area (Å²) < 4.78 is 41.3. The molecule has 4 N–H and O–H groups in total. The number of hydrogen-bond donors (Lipinski definition) is 4. The van der Waals surface area contributed by atoms with Crippen LogP contribution < -0.4 is 16.0 Å². The topological polar surface area (TPSA) is 380 Å². The fourth-order valence-electron chi connectivity index (χ4n) is 9.28. The number of aromatic nitrogens is 4. The van der Waals surface area contributed by atoms with Crippen LogP contribution in [0.1, 0.15) is 185 Å². The fraction of sp³-hybridized carbons (Fsp3) is 0.588. The first-order valence-electron chi connectivity index (χ1n) is 33.6. The van der Waals surface area contributed by atoms with Gasteiger partial charge in [-0.1, -0.05) is 104 Å². The Balaban J connectivity index is 0.000000340. The van der Waals surface area contributed by atoms with Gasteiger partial charge in [0.2, 0.25) is 5.96 Å². The molecule has 99 heavy (non-hydrogen) atoms. The van der Waals surface area contributed by atoms with Gasteiger partial charge in [0.1, 0.15) is 11.0 Å². The number of anilines is 2. The predicted molar refractivity (Wildman–Crippen MR) is 373 cm³/mol. The van der Waals surface area contributed by atoms with Crippen LogP contribution in [0.2, 0.25) is 0 Å². The molecule has 1 amide bonds. The van der Waals surface area contributed by atoms with Gasteiger partial charge in [-0.3, -0.25) is 49.2 Å². The van der Waals surface area contributed by atoms with Crippen molar-refractivity contribution in [2.24, 2.45) is 9.98 Å². The zero-order valence-corrected chi connectivity index (χ0v) is 61.1. The number of nitrogens with one attached hydrogen (secondary N) is 3. The van der Waals surface area contributed by atoms with E-state index >= 15 is 0 Å². The number of carboxylic acids is 1. The highest BCUT2D eigenvalue weighted by Gasteiger charge is 2.35. The molecule has 8 atom stereocenters. The molecule has 6 rings (SSSR count). The first-order valence-corrected chi connectivity index (χ1v) is 35.2. The van der Waals surface area contributed by atoms with Crippen LogP contribution in [-0.4, -0.2) is 177 Å². The number of fused-ring (bicyclic) bond motifs is 2. The Bertz CT molecular complexity index is 3420. The Morgan fingerprint density at radius 3 is 1.23 bits per heavy atom. The van der Waals surface area contributed by atoms with Gasteiger partial charge in [0, 0.05) is 50.7 Å². The number of guanidine groups is 2. The number of amides is 1. The Morgan fingerprint density at radius 1 is 0.455 bits per heavy atom. The smallest absolute Gasteiger partial charge is 0.347 e. The molecular formula is C68H94Br2N10O19. The molecular weight excluding hydrogens is 1420 g/mol. The molecule has 4 aromatic rings. The van der Waals surface area contributed by atoms with Gasteiger partial charge in [-0.05, 0) is 124 Å². The molecule has 0 bridgehead atoms. The number of aliphatic imine (C=N–C) groups is 2. The van der Waals surface area contributed by atoms with Crippen LogP contribution in [-0.2, 0) is 85.8 Å². The van der Waals surface area contributed by atoms with Crippen molar-refractivity contribution in [3.63, 3.8) is 0 Å². The van der Waals surface area contributed by atoms with Crippen LogP contribution in [0.25, 0.3) is 22.1 Å². The van der Waals surface area contributed by atoms with Gasteiger partial charge in [0.05, 0.1) is 44.4 Å². The monoisotopic (exact) mass is 1510 g/mol. The second kappa shape index (κ2) is 44.5. The largest absolute Gasteiger partial charge is 0.479 e. The number of nitrogens with zero attached hydrogens (tertiary/aromatic N) is 7. The minimum absolute atomic E-state index is 0.135. The predicted octanol–water partition coefficient (Wildman–Crippen LogP) is 10.4. The van der Waals surface area contributed by atoms with Gasteiger partial charge in [-0.2, -0.15) is 0 Å². The third-order valence-corrected chi connectivity index (χ3v) is 16.5. The zero-order valence-electron chi connectivity index (χ0n) is 58.0. The van der Waals surface area contributed by atoms with Gasteiger partial charge in [0.25, 0.3) is 5.91 Å². The summed E-state index contributed by atoms with van der Waals surface area (Å²) in [6, 6.07) is 7.44. The number of esters is 8. The Kier molecular flexibility index (Phi) is 37.3. The van der Waals surface area contributed by atoms with Crippen molar-refractivity contribution in [3.05, 3.63) is 58.0 Å². The number of aliphatic carboxylic acids is 1. The Labute approximate surface area is 593 Å². The van der Waals surface area contributed by atoms with Crippen molar-refractivity contribution in [2.45, 2.75) is 234 Å². The molecule has 2 aromatic carbocycles. The molecule has 2 aliphatic heterocycles. The maximum atomic E-state index is 13.1. The maximum Gasteiger partial charge on any atom is 0.347 e. The average Bonchev–Trinajstić information content (AvgIpc) is 1.73. The molecule has 0 aliphatic carbocycles. The van der Waals surface area contributed by atoms with Crippen molar-refractivity contribution >= 4 is 137 Å². The van der Waals surface area contributed by atoms with Crippen LogP contribution in [0, 0.1) is 0 Å². The normalized spacial score (nSPS) is 14.7. The van der Waals surface area contributed by atoms with Gasteiger partial charge in [-0.25, -0.2) is 33.6 Å². The molecule has 0 unspecified atom stereocenters. The Morgan fingerprint density at radius 2 is 0.828 bits per heavy atom. The number of ether oxygens (including phenoxy) is 8. The quantitative estimate of drug-likeness (QED) is 0.0187. The highest BCUT2D eigenvalue weighted by molar-refractivity contribution is 9.11. The van der Waals surface area contributed by atoms with Crippen molar-refractivity contribution < 1.29 is 90.9 Å². The van der Waals surface area contributed by atoms with Gasteiger partial charge >= 0.3 is 53.7 Å². The second-order valence-corrected chi connectivity index (χ2v) is 24.9. The lowest BCUT2D eigenvalue weighted by atomic mass is 10.0. The van der Waals surface area contributed by atoms with Crippen molar-refractivity contribution in [3.8, 4) is 0 Å². The van der Waals surface area contributed by atoms with Crippen molar-refractivity contribution in [1.82, 2.24) is 30.2 Å². The number of carbonyl (C=O) groups is 10. The van der Waals surface area contributed by atoms with Crippen LogP contribution in [0.4, 0.5) is 11.4 Å². The number of carbonyl (C=O) groups excluding carboxylic acids is 9. The summed E-state index contributed by atoms with van der Waals surface area (Å²) in [6.07, 6.45) is 15.1. The lowest BCUT2D eigenvalue weighted by molar-refractivity contribution is -0.184. The van der Waals surface area contributed by atoms with E-state index in [0.29, 0.717) is 40.6 Å². The van der Waals surface area contributed by atoms with E-state index in [2.05, 4.69) is 89.4 Å². The summed E-state index contributed by atoms with van der Waals surface area (Å²) in [7, 11) is 0. The summed E-state index contributed by atoms with van der Waals surface area (Å²) in [4.78, 5) is 148. The molecule has 29 nitrogen and oxygen atoms in total. The number of benzene rings is 2. The molecule has 31 heteroatoms. The van der Waals surface area contributed by atoms with Crippen LogP contribution >= 0.6 is 31.9 Å². The molecule has 0 radical (unpaired) electrons. The second-order valence-electron chi connectivity index (χ2n) is 23.3. The standard InChI is InChI=1S/C30H52O10.C27H32BrN5O9.C11H10BrN5/c1-6-7-8-9-10-11-12-13-14-15-16-17-18-19-20-21-26(31)37-23(3)28(34)39-25(5)30(36)40-24(4)29(35)38-22(2)27(32)33;1-6-7-20(34)39-15(3)24(36)41-17(5)26(38)42-16(4)25(37)40-14(2)23(35)33-13-12-31-27(33)32-18-8-9-19-22(21(18)28)30-11-10-29-19;12-9-7(17-11-15-5-6-16-11)1-2-8-10(9)14-4-3-13-8/h22-25H,6-21H2,1-5H3,(H,32,33);8-11,14-17H,6-7,12-13H2,1-5H3,(H,31,32);1-4H,5-6H2,(H2,15,16,17)/t22-,23+,24-,25-;14-,15-,16-,17-;/m10./s1. The molecule has 0 saturated heterocycles. The molecule has 4 heterocycles. The highest BCUT2D eigenvalue weighted by atomic mass is 79.9. The van der Waals surface area contributed by atoms with E-state index in [-0.39, 0.29) is 25.3 Å². The first-order chi connectivity index (χ1) is 47.3. The van der Waals surface area contributed by atoms with Gasteiger partial charge in [-0.15, -0.1) is 0 Å². The number of unbranched alkanes of at least 4 members (excludes halogenated alkanes) is 14. The number of halogens is 2. The fourth-order valence-corrected chi connectivity index (χ4v) is 10.4. The van der Waals surface area contributed by atoms with E-state index in [1.807, 2.05) is 12.1 Å². The summed E-state index contributed by atoms with van der Waals surface area (Å²) in [6.45, 7) is 16.4. The van der Waals surface area contributed by atoms with Crippen molar-refractivity contribution in [1.29, 1.82) is 0 Å². The summed E-state index contributed by atoms with van der Waals surface area (Å²) >= 11 is 7.05. The number of carboxylic acid groups (broad SMARTS) is 1. The molecule has 0 fully saturated rings. The molecule has 2 aromatic heterocycles. The number of rotatable bonds is 36. The van der Waals surface area contributed by atoms with E-state index in [0.717, 1.165) is 66.4 Å². The van der Waals surface area contributed by atoms with Crippen molar-refractivity contribution in [2.75, 3.05) is 36.8 Å². The molecule has 0 saturated carbocycles. The van der Waals surface area contributed by atoms with Gasteiger partial charge < -0.3 is 59.0 Å². The van der Waals surface area contributed by atoms with Gasteiger partial charge in [0.15, 0.2) is 54.8 Å². The summed E-state index contributed by atoms with van der Waals surface area (Å²) in [5, 5.41) is 18.3. The summed E-state index contributed by atoms with van der Waals surface area (Å²) in [5.41, 5.74) is 4.56. The van der Waals surface area contributed by atoms with E-state index in [9.17, 15) is 47.9 Å². The number of hydrogen-bond acceptors (Lipinski definition) is 27. The lowest BCUT2D eigenvalue weighted by Gasteiger charge is -2.24. The van der Waals surface area contributed by atoms with Crippen LogP contribution in [0.15, 0.2) is 68.0 Å². The Hall–Kier alpha value is -8.48. The highest BCUT2D eigenvalue weighted by Crippen LogP contribution is 2.31. The van der Waals surface area contributed by atoms with Crippen LogP contribution in [0.5, 0.6) is 0 Å². The summed E-state index contributed by atoms with van der Waals surface area (Å²) in [5.74, 6) is -7.88. The SMILES string of the molecule is Brc1c(NC2=NCCN2)ccc2nccnc12.CCCC(=O)O[C@@H](C)C(=O)O[C@@H](C)C(=O)O[C@@H](C)C(=O)O[C@@H](C)C(=O)N1CCN=C1Nc1ccc2nccnc2c1Br.CCCCCCCCCCCCCCCCCC(=O)O[C@@H](C)C(=O)O[C@H](C)C(=O)O[C@H](C)C(=O)O[C@H](C)C(=O)O. The van der Waals surface area contributed by atoms with E-state index in [1.54, 1.807) is 43.8 Å². The van der Waals surface area contributed by atoms with Crippen LogP contribution in [0.3, 0.4) is 0 Å². The molecule has 544 valence electrons. The minimum atomic E-state index is -1.41. The third-order valence-electron chi connectivity index (χ3n) is 14.9. The third kappa shape index (κ3) is 29.5. The first kappa shape index (κ1) is 82.9. The molecule has 2 aliphatic rings. The van der Waals surface area contributed by atoms with E-state index in [1.165, 1.54) is 124 Å². The lowest BCUT2D eigenvalue weighted by Crippen LogP contribution is -2.45. The van der Waals surface area contributed by atoms with E-state index < -0.39 is 108 Å². The zero-order chi connectivity index (χ0) is 73.0. The molecule has 0 spiro atoms. The van der Waals surface area contributed by atoms with E-state index in [4.69, 9.17) is 38.3 Å². The average molecular weight is 1520 g/mol. The maximum absolute atomic E-state index is 13.1.